The van der Waals surface area contributed by atoms with E-state index in [-0.39, 0.29) is 6.04 Å². The first-order valence-corrected chi connectivity index (χ1v) is 9.82. The van der Waals surface area contributed by atoms with Crippen molar-refractivity contribution in [1.82, 2.24) is 24.9 Å². The molecule has 0 spiro atoms. The number of hydrogen-bond donors (Lipinski definition) is 2. The Morgan fingerprint density at radius 3 is 2.39 bits per heavy atom. The fraction of sp³-hybridized carbons (Fsp3) is 0.381. The first kappa shape index (κ1) is 20.1. The summed E-state index contributed by atoms with van der Waals surface area (Å²) in [6.07, 6.45) is 1.88. The average Bonchev–Trinajstić information content (AvgIpc) is 3.11. The number of nitrogens with zero attached hydrogens (tertiary/aromatic N) is 4. The molecule has 0 aliphatic rings. The van der Waals surface area contributed by atoms with Crippen LogP contribution in [0.2, 0.25) is 0 Å². The van der Waals surface area contributed by atoms with Crippen LogP contribution in [0.15, 0.2) is 30.5 Å². The van der Waals surface area contributed by atoms with Gasteiger partial charge in [-0.15, -0.1) is 0 Å². The van der Waals surface area contributed by atoms with Crippen LogP contribution in [0.5, 0.6) is 0 Å². The molecule has 0 aliphatic carbocycles. The molecule has 0 amide bonds. The minimum absolute atomic E-state index is 0.0666. The molecule has 0 saturated heterocycles. The van der Waals surface area contributed by atoms with Crippen LogP contribution >= 0.6 is 12.2 Å². The minimum Gasteiger partial charge on any atom is -0.356 e. The monoisotopic (exact) mass is 396 g/mol. The number of anilines is 1. The highest BCUT2D eigenvalue weighted by Crippen LogP contribution is 2.21. The van der Waals surface area contributed by atoms with Gasteiger partial charge in [0.15, 0.2) is 5.11 Å². The van der Waals surface area contributed by atoms with Gasteiger partial charge in [-0.2, -0.15) is 10.2 Å². The number of rotatable bonds is 5. The minimum atomic E-state index is 0.0666. The molecule has 0 saturated carbocycles. The van der Waals surface area contributed by atoms with E-state index in [4.69, 9.17) is 12.2 Å². The van der Waals surface area contributed by atoms with E-state index in [9.17, 15) is 0 Å². The molecule has 2 heterocycles. The lowest BCUT2D eigenvalue weighted by Gasteiger charge is -2.17. The molecule has 3 rings (SSSR count). The second kappa shape index (κ2) is 8.14. The molecule has 2 aromatic heterocycles. The highest BCUT2D eigenvalue weighted by Gasteiger charge is 2.16. The summed E-state index contributed by atoms with van der Waals surface area (Å²) in [6, 6.07) is 8.60. The number of hydrogen-bond acceptors (Lipinski definition) is 3. The molecule has 28 heavy (non-hydrogen) atoms. The summed E-state index contributed by atoms with van der Waals surface area (Å²) in [4.78, 5) is 0. The Labute approximate surface area is 172 Å². The van der Waals surface area contributed by atoms with Gasteiger partial charge in [0.25, 0.3) is 0 Å². The molecular weight excluding hydrogens is 368 g/mol. The maximum Gasteiger partial charge on any atom is 0.171 e. The molecule has 0 aliphatic heterocycles. The maximum absolute atomic E-state index is 5.55. The molecule has 0 fully saturated rings. The van der Waals surface area contributed by atoms with E-state index in [0.717, 1.165) is 34.9 Å². The Morgan fingerprint density at radius 2 is 1.79 bits per heavy atom. The highest BCUT2D eigenvalue weighted by atomic mass is 32.1. The first-order valence-electron chi connectivity index (χ1n) is 9.41. The number of nitrogens with one attached hydrogen (secondary N) is 2. The summed E-state index contributed by atoms with van der Waals surface area (Å²) >= 11 is 5.55. The molecule has 0 radical (unpaired) electrons. The molecule has 3 aromatic rings. The Bertz CT molecular complexity index is 983. The van der Waals surface area contributed by atoms with Crippen LogP contribution in [0.1, 0.15) is 46.7 Å². The largest absolute Gasteiger partial charge is 0.356 e. The Kier molecular flexibility index (Phi) is 5.84. The average molecular weight is 397 g/mol. The van der Waals surface area contributed by atoms with Gasteiger partial charge >= 0.3 is 0 Å². The highest BCUT2D eigenvalue weighted by molar-refractivity contribution is 7.80. The topological polar surface area (TPSA) is 59.7 Å². The van der Waals surface area contributed by atoms with E-state index in [0.29, 0.717) is 5.11 Å². The van der Waals surface area contributed by atoms with E-state index in [1.807, 2.05) is 29.5 Å². The summed E-state index contributed by atoms with van der Waals surface area (Å²) in [5, 5.41) is 16.3. The predicted octanol–water partition coefficient (Wildman–Crippen LogP) is 3.95. The van der Waals surface area contributed by atoms with Crippen LogP contribution in [0.25, 0.3) is 0 Å². The maximum atomic E-state index is 5.55. The smallest absolute Gasteiger partial charge is 0.171 e. The van der Waals surface area contributed by atoms with Gasteiger partial charge in [-0.25, -0.2) is 0 Å². The molecule has 1 atom stereocenters. The molecule has 1 unspecified atom stereocenters. The van der Waals surface area contributed by atoms with Gasteiger partial charge in [0.1, 0.15) is 0 Å². The quantitative estimate of drug-likeness (QED) is 0.640. The van der Waals surface area contributed by atoms with Crippen molar-refractivity contribution in [1.29, 1.82) is 0 Å². The Morgan fingerprint density at radius 1 is 1.11 bits per heavy atom. The van der Waals surface area contributed by atoms with Crippen LogP contribution in [0, 0.1) is 27.7 Å². The fourth-order valence-electron chi connectivity index (χ4n) is 3.26. The van der Waals surface area contributed by atoms with E-state index >= 15 is 0 Å². The van der Waals surface area contributed by atoms with Gasteiger partial charge in [0.05, 0.1) is 35.9 Å². The lowest BCUT2D eigenvalue weighted by atomic mass is 10.1. The van der Waals surface area contributed by atoms with Crippen LogP contribution in [-0.4, -0.2) is 24.7 Å². The zero-order valence-electron chi connectivity index (χ0n) is 17.4. The van der Waals surface area contributed by atoms with E-state index in [1.54, 1.807) is 0 Å². The van der Waals surface area contributed by atoms with Gasteiger partial charge in [-0.3, -0.25) is 9.36 Å². The standard InChI is InChI=1S/C21H28N6S/c1-13-7-9-18(10-8-13)12-27-17(5)20(15(3)25-27)24-21(28)23-14(2)19-11-22-26(6)16(19)4/h7-11,14H,12H2,1-6H3,(H2,23,24,28). The zero-order valence-corrected chi connectivity index (χ0v) is 18.2. The third-order valence-electron chi connectivity index (χ3n) is 5.16. The summed E-state index contributed by atoms with van der Waals surface area (Å²) < 4.78 is 3.88. The van der Waals surface area contributed by atoms with Crippen molar-refractivity contribution in [3.63, 3.8) is 0 Å². The SMILES string of the molecule is Cc1ccc(Cn2nc(C)c(NC(=S)NC(C)c3cnn(C)c3C)c2C)cc1. The van der Waals surface area contributed by atoms with Crippen molar-refractivity contribution in [3.8, 4) is 0 Å². The lowest BCUT2D eigenvalue weighted by molar-refractivity contribution is 0.659. The molecule has 1 aromatic carbocycles. The third kappa shape index (κ3) is 4.25. The molecule has 2 N–H and O–H groups in total. The second-order valence-corrected chi connectivity index (χ2v) is 7.73. The van der Waals surface area contributed by atoms with E-state index < -0.39 is 0 Å². The van der Waals surface area contributed by atoms with Crippen LogP contribution < -0.4 is 10.6 Å². The Hall–Kier alpha value is -2.67. The lowest BCUT2D eigenvalue weighted by Crippen LogP contribution is -2.31. The zero-order chi connectivity index (χ0) is 20.4. The van der Waals surface area contributed by atoms with Gasteiger partial charge in [0.2, 0.25) is 0 Å². The normalized spacial score (nSPS) is 12.1. The predicted molar refractivity (Wildman–Crippen MR) is 118 cm³/mol. The second-order valence-electron chi connectivity index (χ2n) is 7.32. The van der Waals surface area contributed by atoms with Crippen LogP contribution in [0.3, 0.4) is 0 Å². The van der Waals surface area contributed by atoms with Crippen molar-refractivity contribution in [2.45, 2.75) is 47.2 Å². The summed E-state index contributed by atoms with van der Waals surface area (Å²) in [5.41, 5.74) is 7.69. The number of aryl methyl sites for hydroxylation is 3. The summed E-state index contributed by atoms with van der Waals surface area (Å²) in [7, 11) is 1.94. The molecule has 0 bridgehead atoms. The first-order chi connectivity index (χ1) is 13.3. The summed E-state index contributed by atoms with van der Waals surface area (Å²) in [6.45, 7) is 11.0. The van der Waals surface area contributed by atoms with Crippen molar-refractivity contribution < 1.29 is 0 Å². The number of aromatic nitrogens is 4. The van der Waals surface area contributed by atoms with Crippen molar-refractivity contribution in [2.75, 3.05) is 5.32 Å². The summed E-state index contributed by atoms with van der Waals surface area (Å²) in [5.74, 6) is 0. The van der Waals surface area contributed by atoms with Gasteiger partial charge in [0, 0.05) is 18.3 Å². The Balaban J connectivity index is 1.70. The molecule has 6 nitrogen and oxygen atoms in total. The van der Waals surface area contributed by atoms with Crippen LogP contribution in [-0.2, 0) is 13.6 Å². The van der Waals surface area contributed by atoms with Crippen molar-refractivity contribution >= 4 is 23.0 Å². The van der Waals surface area contributed by atoms with Gasteiger partial charge in [-0.1, -0.05) is 29.8 Å². The number of benzene rings is 1. The molecule has 7 heteroatoms. The molecular formula is C21H28N6S. The van der Waals surface area contributed by atoms with E-state index in [2.05, 4.69) is 72.8 Å². The van der Waals surface area contributed by atoms with Crippen LogP contribution in [0.4, 0.5) is 5.69 Å². The third-order valence-corrected chi connectivity index (χ3v) is 5.38. The van der Waals surface area contributed by atoms with Crippen molar-refractivity contribution in [2.24, 2.45) is 7.05 Å². The van der Waals surface area contributed by atoms with E-state index in [1.165, 1.54) is 11.1 Å². The van der Waals surface area contributed by atoms with Gasteiger partial charge < -0.3 is 10.6 Å². The van der Waals surface area contributed by atoms with Gasteiger partial charge in [-0.05, 0) is 52.4 Å². The van der Waals surface area contributed by atoms with Crippen molar-refractivity contribution in [3.05, 3.63) is 64.2 Å². The fourth-order valence-corrected chi connectivity index (χ4v) is 3.54. The number of thiocarbonyl (C=S) groups is 1. The molecule has 148 valence electrons.